The molecule has 5 rings (SSSR count). The summed E-state index contributed by atoms with van der Waals surface area (Å²) in [6, 6.07) is 11.7. The highest BCUT2D eigenvalue weighted by Gasteiger charge is 2.17. The molecule has 5 aromatic rings. The van der Waals surface area contributed by atoms with E-state index in [9.17, 15) is 14.4 Å². The van der Waals surface area contributed by atoms with Crippen molar-refractivity contribution in [1.29, 1.82) is 0 Å². The lowest BCUT2D eigenvalue weighted by molar-refractivity contribution is -0.116. The second-order valence-electron chi connectivity index (χ2n) is 7.70. The fraction of sp³-hybridized carbons (Fsp3) is 0.174. The number of carbonyl (C=O) groups is 1. The van der Waals surface area contributed by atoms with Crippen molar-refractivity contribution in [1.82, 2.24) is 23.7 Å². The summed E-state index contributed by atoms with van der Waals surface area (Å²) in [4.78, 5) is 46.1. The summed E-state index contributed by atoms with van der Waals surface area (Å²) in [5.74, 6) is 0.412. The van der Waals surface area contributed by atoms with Crippen LogP contribution < -0.4 is 21.3 Å². The van der Waals surface area contributed by atoms with Crippen LogP contribution in [0.15, 0.2) is 57.7 Å². The molecule has 0 aliphatic rings. The fourth-order valence-corrected chi connectivity index (χ4v) is 4.68. The van der Waals surface area contributed by atoms with Crippen LogP contribution in [0.3, 0.4) is 0 Å². The van der Waals surface area contributed by atoms with Crippen molar-refractivity contribution in [2.24, 2.45) is 14.1 Å². The van der Waals surface area contributed by atoms with Gasteiger partial charge in [-0.15, -0.1) is 11.3 Å². The minimum atomic E-state index is -0.508. The molecule has 0 unspecified atom stereocenters. The highest BCUT2D eigenvalue weighted by molar-refractivity contribution is 7.14. The molecule has 34 heavy (non-hydrogen) atoms. The number of nitrogens with zero attached hydrogens (tertiary/aromatic N) is 5. The lowest BCUT2D eigenvalue weighted by Crippen LogP contribution is -2.37. The van der Waals surface area contributed by atoms with Gasteiger partial charge < -0.3 is 14.6 Å². The third-order valence-electron chi connectivity index (χ3n) is 5.66. The van der Waals surface area contributed by atoms with Crippen molar-refractivity contribution in [3.05, 3.63) is 68.9 Å². The Morgan fingerprint density at radius 3 is 2.62 bits per heavy atom. The molecule has 2 aromatic carbocycles. The van der Waals surface area contributed by atoms with E-state index in [1.54, 1.807) is 7.11 Å². The minimum Gasteiger partial charge on any atom is -0.496 e. The van der Waals surface area contributed by atoms with Crippen LogP contribution in [-0.4, -0.2) is 36.7 Å². The van der Waals surface area contributed by atoms with Gasteiger partial charge >= 0.3 is 5.69 Å². The largest absolute Gasteiger partial charge is 0.496 e. The Morgan fingerprint density at radius 2 is 1.85 bits per heavy atom. The first-order chi connectivity index (χ1) is 16.4. The summed E-state index contributed by atoms with van der Waals surface area (Å²) in [5.41, 5.74) is 1.09. The van der Waals surface area contributed by atoms with E-state index in [0.717, 1.165) is 32.3 Å². The number of hydrogen-bond donors (Lipinski definition) is 1. The Kier molecular flexibility index (Phi) is 5.25. The molecule has 10 nitrogen and oxygen atoms in total. The molecule has 1 N–H and O–H groups in total. The predicted molar refractivity (Wildman–Crippen MR) is 130 cm³/mol. The number of hydrogen-bond acceptors (Lipinski definition) is 7. The number of anilines is 1. The van der Waals surface area contributed by atoms with Gasteiger partial charge in [-0.05, 0) is 17.5 Å². The van der Waals surface area contributed by atoms with Gasteiger partial charge in [-0.1, -0.05) is 24.3 Å². The molecule has 1 amide bonds. The summed E-state index contributed by atoms with van der Waals surface area (Å²) in [6.07, 6.45) is 1.38. The van der Waals surface area contributed by atoms with Crippen molar-refractivity contribution in [2.45, 2.75) is 6.54 Å². The number of rotatable bonds is 5. The highest BCUT2D eigenvalue weighted by Crippen LogP contribution is 2.35. The van der Waals surface area contributed by atoms with Crippen LogP contribution in [-0.2, 0) is 25.4 Å². The lowest BCUT2D eigenvalue weighted by atomic mass is 10.0. The summed E-state index contributed by atoms with van der Waals surface area (Å²) < 4.78 is 9.16. The van der Waals surface area contributed by atoms with Crippen molar-refractivity contribution in [3.8, 4) is 17.0 Å². The zero-order chi connectivity index (χ0) is 24.0. The number of nitrogens with one attached hydrogen (secondary N) is 1. The summed E-state index contributed by atoms with van der Waals surface area (Å²) in [7, 11) is 4.56. The third-order valence-corrected chi connectivity index (χ3v) is 6.42. The number of amides is 1. The first-order valence-electron chi connectivity index (χ1n) is 10.3. The van der Waals surface area contributed by atoms with Crippen LogP contribution >= 0.6 is 11.3 Å². The summed E-state index contributed by atoms with van der Waals surface area (Å²) in [6.45, 7) is -0.148. The molecule has 0 spiro atoms. The molecule has 0 aliphatic carbocycles. The molecule has 0 radical (unpaired) electrons. The van der Waals surface area contributed by atoms with Crippen LogP contribution in [0.4, 0.5) is 5.13 Å². The fourth-order valence-electron chi connectivity index (χ4n) is 3.96. The average molecular weight is 477 g/mol. The third kappa shape index (κ3) is 3.46. The van der Waals surface area contributed by atoms with Crippen molar-refractivity contribution >= 4 is 44.3 Å². The van der Waals surface area contributed by atoms with Crippen molar-refractivity contribution < 1.29 is 9.53 Å². The Bertz CT molecular complexity index is 1690. The smallest absolute Gasteiger partial charge is 0.332 e. The molecule has 0 bridgehead atoms. The van der Waals surface area contributed by atoms with Gasteiger partial charge in [-0.3, -0.25) is 18.7 Å². The Morgan fingerprint density at radius 1 is 1.09 bits per heavy atom. The van der Waals surface area contributed by atoms with Crippen molar-refractivity contribution in [2.75, 3.05) is 12.4 Å². The second-order valence-corrected chi connectivity index (χ2v) is 8.56. The second kappa shape index (κ2) is 8.27. The molecule has 0 saturated heterocycles. The molecule has 0 fully saturated rings. The Labute approximate surface area is 196 Å². The van der Waals surface area contributed by atoms with Crippen LogP contribution in [0.1, 0.15) is 0 Å². The minimum absolute atomic E-state index is 0.148. The number of carbonyl (C=O) groups excluding carboxylic acids is 1. The molecule has 0 aliphatic heterocycles. The zero-order valence-corrected chi connectivity index (χ0v) is 19.4. The predicted octanol–water partition coefficient (Wildman–Crippen LogP) is 2.36. The number of fused-ring (bicyclic) bond motifs is 2. The maximum atomic E-state index is 12.7. The van der Waals surface area contributed by atoms with Gasteiger partial charge in [-0.25, -0.2) is 14.8 Å². The lowest BCUT2D eigenvalue weighted by Gasteiger charge is -2.09. The average Bonchev–Trinajstić information content (AvgIpc) is 3.48. The number of aryl methyl sites for hydroxylation is 1. The first kappa shape index (κ1) is 21.6. The quantitative estimate of drug-likeness (QED) is 0.417. The highest BCUT2D eigenvalue weighted by atomic mass is 32.1. The van der Waals surface area contributed by atoms with E-state index in [4.69, 9.17) is 4.74 Å². The Hall–Kier alpha value is -4.25. The molecular weight excluding hydrogens is 456 g/mol. The van der Waals surface area contributed by atoms with Gasteiger partial charge in [0.25, 0.3) is 5.56 Å². The first-order valence-corrected chi connectivity index (χ1v) is 11.2. The molecule has 172 valence electrons. The number of thiazole rings is 1. The van der Waals surface area contributed by atoms with Gasteiger partial charge in [-0.2, -0.15) is 0 Å². The summed E-state index contributed by atoms with van der Waals surface area (Å²) in [5, 5.41) is 7.07. The number of benzene rings is 2. The van der Waals surface area contributed by atoms with E-state index in [-0.39, 0.29) is 23.6 Å². The van der Waals surface area contributed by atoms with Crippen LogP contribution in [0.2, 0.25) is 0 Å². The maximum Gasteiger partial charge on any atom is 0.332 e. The van der Waals surface area contributed by atoms with Crippen molar-refractivity contribution in [3.63, 3.8) is 0 Å². The van der Waals surface area contributed by atoms with E-state index in [1.165, 1.54) is 40.9 Å². The van der Waals surface area contributed by atoms with Crippen LogP contribution in [0, 0.1) is 0 Å². The van der Waals surface area contributed by atoms with E-state index in [2.05, 4.69) is 15.3 Å². The number of methoxy groups -OCH3 is 1. The monoisotopic (exact) mass is 476 g/mol. The zero-order valence-electron chi connectivity index (χ0n) is 18.6. The number of aromatic nitrogens is 5. The topological polar surface area (TPSA) is 113 Å². The van der Waals surface area contributed by atoms with Crippen LogP contribution in [0.25, 0.3) is 33.2 Å². The van der Waals surface area contributed by atoms with Gasteiger partial charge in [0, 0.05) is 30.4 Å². The van der Waals surface area contributed by atoms with Gasteiger partial charge in [0.05, 0.1) is 19.1 Å². The van der Waals surface area contributed by atoms with Crippen LogP contribution in [0.5, 0.6) is 5.75 Å². The van der Waals surface area contributed by atoms with E-state index in [0.29, 0.717) is 5.13 Å². The van der Waals surface area contributed by atoms with E-state index < -0.39 is 11.2 Å². The molecular formula is C23H20N6O4S. The molecule has 0 saturated carbocycles. The standard InChI is InChI=1S/C23H20N6O4S/c1-27-20-19(21(31)28(2)23(27)32)29(12-24-20)10-18(30)26-22-25-16(11-34-22)14-8-9-17(33-3)15-7-5-4-6-13(14)15/h4-9,11-12H,10H2,1-3H3,(H,25,26,30). The van der Waals surface area contributed by atoms with E-state index >= 15 is 0 Å². The summed E-state index contributed by atoms with van der Waals surface area (Å²) >= 11 is 1.31. The molecule has 0 atom stereocenters. The Balaban J connectivity index is 1.42. The van der Waals surface area contributed by atoms with Gasteiger partial charge in [0.15, 0.2) is 16.3 Å². The normalized spacial score (nSPS) is 11.3. The van der Waals surface area contributed by atoms with Gasteiger partial charge in [0.1, 0.15) is 12.3 Å². The van der Waals surface area contributed by atoms with Gasteiger partial charge in [0.2, 0.25) is 5.91 Å². The number of ether oxygens (including phenoxy) is 1. The number of imidazole rings is 1. The maximum absolute atomic E-state index is 12.7. The molecule has 11 heteroatoms. The SMILES string of the molecule is COc1ccc(-c2csc(NC(=O)Cn3cnc4c3c(=O)n(C)c(=O)n4C)n2)c2ccccc12. The van der Waals surface area contributed by atoms with E-state index in [1.807, 2.05) is 41.8 Å². The molecule has 3 heterocycles. The molecule has 3 aromatic heterocycles.